The van der Waals surface area contributed by atoms with E-state index in [1.165, 1.54) is 38.6 Å². The summed E-state index contributed by atoms with van der Waals surface area (Å²) in [4.78, 5) is 14.5. The van der Waals surface area contributed by atoms with E-state index in [4.69, 9.17) is 4.74 Å². The van der Waals surface area contributed by atoms with Crippen LogP contribution in [0.3, 0.4) is 0 Å². The number of aromatic nitrogens is 3. The van der Waals surface area contributed by atoms with Crippen LogP contribution >= 0.6 is 0 Å². The molecule has 4 aliphatic rings. The number of hydrogen-bond donors (Lipinski definition) is 1. The van der Waals surface area contributed by atoms with Crippen LogP contribution in [0.5, 0.6) is 0 Å². The van der Waals surface area contributed by atoms with E-state index in [-0.39, 0.29) is 17.4 Å². The van der Waals surface area contributed by atoms with E-state index in [1.54, 1.807) is 0 Å². The van der Waals surface area contributed by atoms with Gasteiger partial charge in [0.15, 0.2) is 0 Å². The maximum absolute atomic E-state index is 11.9. The van der Waals surface area contributed by atoms with Crippen molar-refractivity contribution >= 4 is 5.91 Å². The van der Waals surface area contributed by atoms with Gasteiger partial charge in [-0.15, -0.1) is 5.10 Å². The summed E-state index contributed by atoms with van der Waals surface area (Å²) in [6.07, 6.45) is 9.78. The zero-order valence-corrected chi connectivity index (χ0v) is 15.5. The molecule has 1 N–H and O–H groups in total. The van der Waals surface area contributed by atoms with Crippen LogP contribution in [0.25, 0.3) is 0 Å². The lowest BCUT2D eigenvalue weighted by atomic mass is 9.90. The molecular weight excluding hydrogens is 330 g/mol. The molecule has 1 aromatic rings. The Labute approximate surface area is 154 Å². The Morgan fingerprint density at radius 2 is 2.04 bits per heavy atom. The summed E-state index contributed by atoms with van der Waals surface area (Å²) in [5.41, 5.74) is 1.78. The number of carbonyl (C=O) groups excluding carboxylic acids is 1. The van der Waals surface area contributed by atoms with Gasteiger partial charge in [-0.1, -0.05) is 18.1 Å². The summed E-state index contributed by atoms with van der Waals surface area (Å²) in [7, 11) is 0. The zero-order valence-electron chi connectivity index (χ0n) is 15.5. The summed E-state index contributed by atoms with van der Waals surface area (Å²) >= 11 is 0. The Kier molecular flexibility index (Phi) is 4.24. The minimum atomic E-state index is -0.115. The monoisotopic (exact) mass is 359 g/mol. The van der Waals surface area contributed by atoms with Gasteiger partial charge in [0.1, 0.15) is 11.3 Å². The van der Waals surface area contributed by atoms with Crippen molar-refractivity contribution in [3.63, 3.8) is 0 Å². The molecule has 26 heavy (non-hydrogen) atoms. The van der Waals surface area contributed by atoms with E-state index in [9.17, 15) is 4.79 Å². The summed E-state index contributed by atoms with van der Waals surface area (Å²) in [6.45, 7) is 4.04. The molecular formula is C19H29N5O2. The number of hydrogen-bond acceptors (Lipinski definition) is 5. The Bertz CT molecular complexity index is 679. The predicted octanol–water partition coefficient (Wildman–Crippen LogP) is 1.61. The molecule has 0 bridgehead atoms. The predicted molar refractivity (Wildman–Crippen MR) is 95.2 cm³/mol. The van der Waals surface area contributed by atoms with Gasteiger partial charge in [-0.3, -0.25) is 9.69 Å². The van der Waals surface area contributed by atoms with E-state index in [0.717, 1.165) is 49.8 Å². The Morgan fingerprint density at radius 3 is 2.85 bits per heavy atom. The van der Waals surface area contributed by atoms with Crippen molar-refractivity contribution in [1.82, 2.24) is 25.2 Å². The highest BCUT2D eigenvalue weighted by molar-refractivity contribution is 5.80. The van der Waals surface area contributed by atoms with E-state index in [0.29, 0.717) is 13.2 Å². The number of fused-ring (bicyclic) bond motifs is 1. The topological polar surface area (TPSA) is 72.3 Å². The Morgan fingerprint density at radius 1 is 1.19 bits per heavy atom. The molecule has 2 aliphatic carbocycles. The van der Waals surface area contributed by atoms with Crippen LogP contribution < -0.4 is 5.32 Å². The van der Waals surface area contributed by atoms with Crippen LogP contribution in [0.1, 0.15) is 62.8 Å². The van der Waals surface area contributed by atoms with Crippen molar-refractivity contribution in [2.45, 2.75) is 82.7 Å². The van der Waals surface area contributed by atoms with Crippen molar-refractivity contribution in [1.29, 1.82) is 0 Å². The van der Waals surface area contributed by atoms with E-state index >= 15 is 0 Å². The second-order valence-corrected chi connectivity index (χ2v) is 8.62. The summed E-state index contributed by atoms with van der Waals surface area (Å²) in [5, 5.41) is 11.7. The fourth-order valence-corrected chi connectivity index (χ4v) is 4.95. The molecule has 3 fully saturated rings. The van der Waals surface area contributed by atoms with Crippen LogP contribution in [-0.2, 0) is 29.2 Å². The number of rotatable bonds is 4. The molecule has 1 unspecified atom stereocenters. The zero-order chi connectivity index (χ0) is 17.6. The summed E-state index contributed by atoms with van der Waals surface area (Å²) < 4.78 is 8.46. The summed E-state index contributed by atoms with van der Waals surface area (Å²) in [5.74, 6) is 0.379. The average molecular weight is 359 g/mol. The van der Waals surface area contributed by atoms with Crippen LogP contribution in [0.15, 0.2) is 0 Å². The Hall–Kier alpha value is -1.47. The summed E-state index contributed by atoms with van der Waals surface area (Å²) in [6, 6.07) is 0.751. The lowest BCUT2D eigenvalue weighted by Crippen LogP contribution is -2.56. The van der Waals surface area contributed by atoms with Gasteiger partial charge in [-0.05, 0) is 45.1 Å². The van der Waals surface area contributed by atoms with Crippen LogP contribution in [-0.4, -0.2) is 50.5 Å². The third-order valence-electron chi connectivity index (χ3n) is 6.66. The highest BCUT2D eigenvalue weighted by atomic mass is 16.5. The molecule has 7 nitrogen and oxygen atoms in total. The molecule has 1 aromatic heterocycles. The molecule has 5 rings (SSSR count). The van der Waals surface area contributed by atoms with Gasteiger partial charge in [0.05, 0.1) is 25.4 Å². The fourth-order valence-electron chi connectivity index (χ4n) is 4.95. The SMILES string of the molecule is O=C(NCc1nnn2c1COC1(CCCN(C3CCCC3)C1)C2)C1CC1. The second kappa shape index (κ2) is 6.60. The van der Waals surface area contributed by atoms with Crippen molar-refractivity contribution in [3.05, 3.63) is 11.4 Å². The van der Waals surface area contributed by atoms with Crippen molar-refractivity contribution in [2.24, 2.45) is 5.92 Å². The maximum Gasteiger partial charge on any atom is 0.223 e. The van der Waals surface area contributed by atoms with E-state index in [2.05, 4.69) is 20.5 Å². The molecule has 3 heterocycles. The van der Waals surface area contributed by atoms with Gasteiger partial charge in [0.25, 0.3) is 0 Å². The largest absolute Gasteiger partial charge is 0.365 e. The first kappa shape index (κ1) is 16.7. The molecule has 2 saturated carbocycles. The lowest BCUT2D eigenvalue weighted by Gasteiger charge is -2.46. The first-order valence-corrected chi connectivity index (χ1v) is 10.3. The van der Waals surface area contributed by atoms with Crippen molar-refractivity contribution in [3.8, 4) is 0 Å². The molecule has 1 saturated heterocycles. The van der Waals surface area contributed by atoms with Gasteiger partial charge in [-0.2, -0.15) is 0 Å². The maximum atomic E-state index is 11.9. The second-order valence-electron chi connectivity index (χ2n) is 8.62. The van der Waals surface area contributed by atoms with Crippen molar-refractivity contribution < 1.29 is 9.53 Å². The number of likely N-dealkylation sites (tertiary alicyclic amines) is 1. The van der Waals surface area contributed by atoms with E-state index in [1.807, 2.05) is 4.68 Å². The van der Waals surface area contributed by atoms with Crippen molar-refractivity contribution in [2.75, 3.05) is 13.1 Å². The molecule has 1 atom stereocenters. The molecule has 1 amide bonds. The third-order valence-corrected chi connectivity index (χ3v) is 6.66. The number of nitrogens with zero attached hydrogens (tertiary/aromatic N) is 4. The number of piperidine rings is 1. The fraction of sp³-hybridized carbons (Fsp3) is 0.842. The minimum Gasteiger partial charge on any atom is -0.365 e. The number of ether oxygens (including phenoxy) is 1. The van der Waals surface area contributed by atoms with Crippen LogP contribution in [0, 0.1) is 5.92 Å². The highest BCUT2D eigenvalue weighted by Crippen LogP contribution is 2.35. The standard InChI is InChI=1S/C19H29N5O2/c25-18(14-6-7-14)20-10-16-17-11-26-19(13-24(17)22-21-16)8-3-9-23(12-19)15-4-1-2-5-15/h14-15H,1-13H2,(H,20,25). The molecule has 2 aliphatic heterocycles. The third kappa shape index (κ3) is 3.16. The number of nitrogens with one attached hydrogen (secondary N) is 1. The van der Waals surface area contributed by atoms with Gasteiger partial charge in [0, 0.05) is 18.5 Å². The lowest BCUT2D eigenvalue weighted by molar-refractivity contribution is -0.134. The van der Waals surface area contributed by atoms with Gasteiger partial charge in [0.2, 0.25) is 5.91 Å². The number of amides is 1. The molecule has 0 radical (unpaired) electrons. The van der Waals surface area contributed by atoms with Gasteiger partial charge >= 0.3 is 0 Å². The quantitative estimate of drug-likeness (QED) is 0.884. The van der Waals surface area contributed by atoms with Gasteiger partial charge in [-0.25, -0.2) is 4.68 Å². The first-order chi connectivity index (χ1) is 12.7. The first-order valence-electron chi connectivity index (χ1n) is 10.3. The number of carbonyl (C=O) groups is 1. The molecule has 7 heteroatoms. The normalized spacial score (nSPS) is 29.8. The van der Waals surface area contributed by atoms with Crippen LogP contribution in [0.4, 0.5) is 0 Å². The highest BCUT2D eigenvalue weighted by Gasteiger charge is 2.43. The van der Waals surface area contributed by atoms with Crippen LogP contribution in [0.2, 0.25) is 0 Å². The molecule has 1 spiro atoms. The van der Waals surface area contributed by atoms with Gasteiger partial charge < -0.3 is 10.1 Å². The minimum absolute atomic E-state index is 0.115. The molecule has 142 valence electrons. The van der Waals surface area contributed by atoms with E-state index < -0.39 is 0 Å². The Balaban J connectivity index is 1.25. The average Bonchev–Trinajstić information content (AvgIpc) is 3.22. The molecule has 0 aromatic carbocycles. The smallest absolute Gasteiger partial charge is 0.223 e.